The van der Waals surface area contributed by atoms with E-state index in [2.05, 4.69) is 37.7 Å². The molecule has 28 heavy (non-hydrogen) atoms. The Bertz CT molecular complexity index is 918. The molecule has 1 fully saturated rings. The predicted octanol–water partition coefficient (Wildman–Crippen LogP) is 3.16. The van der Waals surface area contributed by atoms with Crippen LogP contribution in [0.2, 0.25) is 0 Å². The van der Waals surface area contributed by atoms with E-state index in [1.54, 1.807) is 37.3 Å². The second kappa shape index (κ2) is 9.04. The summed E-state index contributed by atoms with van der Waals surface area (Å²) in [5, 5.41) is 0. The summed E-state index contributed by atoms with van der Waals surface area (Å²) in [6, 6.07) is 10.2. The van der Waals surface area contributed by atoms with Crippen LogP contribution in [-0.2, 0) is 16.6 Å². The van der Waals surface area contributed by atoms with Gasteiger partial charge in [0.15, 0.2) is 0 Å². The van der Waals surface area contributed by atoms with Crippen molar-refractivity contribution in [2.45, 2.75) is 31.3 Å². The largest absolute Gasteiger partial charge is 0.336 e. The highest BCUT2D eigenvalue weighted by Gasteiger charge is 2.23. The van der Waals surface area contributed by atoms with Gasteiger partial charge in [-0.15, -0.1) is 11.3 Å². The SMILES string of the molecule is CC(C)NS(=O)(=O)c1ccc(C(=O)N2CCN(Cc3ccc(Br)s3)CC2)cc1. The van der Waals surface area contributed by atoms with Gasteiger partial charge in [0, 0.05) is 49.2 Å². The topological polar surface area (TPSA) is 69.7 Å². The Hall–Kier alpha value is -1.26. The fourth-order valence-electron chi connectivity index (χ4n) is 3.10. The molecule has 2 heterocycles. The van der Waals surface area contributed by atoms with Crippen LogP contribution < -0.4 is 4.72 Å². The van der Waals surface area contributed by atoms with Crippen LogP contribution in [0.3, 0.4) is 0 Å². The maximum atomic E-state index is 12.7. The fraction of sp³-hybridized carbons (Fsp3) is 0.421. The van der Waals surface area contributed by atoms with E-state index in [4.69, 9.17) is 0 Å². The lowest BCUT2D eigenvalue weighted by molar-refractivity contribution is 0.0629. The molecule has 1 aromatic heterocycles. The van der Waals surface area contributed by atoms with Crippen LogP contribution in [0.5, 0.6) is 0 Å². The first kappa shape index (κ1) is 21.4. The number of nitrogens with one attached hydrogen (secondary N) is 1. The van der Waals surface area contributed by atoms with E-state index in [0.717, 1.165) is 23.4 Å². The Labute approximate surface area is 178 Å². The average Bonchev–Trinajstić information content (AvgIpc) is 3.05. The first-order valence-corrected chi connectivity index (χ1v) is 12.2. The third-order valence-electron chi connectivity index (χ3n) is 4.47. The van der Waals surface area contributed by atoms with Gasteiger partial charge >= 0.3 is 0 Å². The molecule has 0 bridgehead atoms. The zero-order chi connectivity index (χ0) is 20.3. The van der Waals surface area contributed by atoms with Crippen molar-refractivity contribution in [2.75, 3.05) is 26.2 Å². The molecule has 0 saturated carbocycles. The van der Waals surface area contributed by atoms with Crippen molar-refractivity contribution >= 4 is 43.2 Å². The number of rotatable bonds is 6. The number of piperazine rings is 1. The molecule has 1 aliphatic heterocycles. The van der Waals surface area contributed by atoms with Gasteiger partial charge in [0.2, 0.25) is 10.0 Å². The molecule has 1 saturated heterocycles. The number of carbonyl (C=O) groups excluding carboxylic acids is 1. The molecule has 9 heteroatoms. The fourth-order valence-corrected chi connectivity index (χ4v) is 5.88. The Morgan fingerprint density at radius 1 is 1.11 bits per heavy atom. The average molecular weight is 486 g/mol. The molecular weight excluding hydrogens is 462 g/mol. The van der Waals surface area contributed by atoms with E-state index in [9.17, 15) is 13.2 Å². The molecule has 3 rings (SSSR count). The highest BCUT2D eigenvalue weighted by atomic mass is 79.9. The molecule has 1 N–H and O–H groups in total. The summed E-state index contributed by atoms with van der Waals surface area (Å²) in [6.45, 7) is 7.42. The molecule has 0 unspecified atom stereocenters. The lowest BCUT2D eigenvalue weighted by Crippen LogP contribution is -2.48. The predicted molar refractivity (Wildman–Crippen MR) is 115 cm³/mol. The van der Waals surface area contributed by atoms with E-state index in [-0.39, 0.29) is 16.8 Å². The van der Waals surface area contributed by atoms with Crippen molar-refractivity contribution < 1.29 is 13.2 Å². The first-order valence-electron chi connectivity index (χ1n) is 9.13. The summed E-state index contributed by atoms with van der Waals surface area (Å²) in [5.41, 5.74) is 0.513. The lowest BCUT2D eigenvalue weighted by Gasteiger charge is -2.34. The zero-order valence-electron chi connectivity index (χ0n) is 15.9. The Morgan fingerprint density at radius 3 is 2.29 bits per heavy atom. The Balaban J connectivity index is 1.57. The lowest BCUT2D eigenvalue weighted by atomic mass is 10.2. The molecule has 1 amide bonds. The normalized spacial score (nSPS) is 15.9. The highest BCUT2D eigenvalue weighted by Crippen LogP contribution is 2.24. The molecule has 0 spiro atoms. The van der Waals surface area contributed by atoms with Gasteiger partial charge in [-0.25, -0.2) is 13.1 Å². The number of hydrogen-bond acceptors (Lipinski definition) is 5. The molecule has 0 aliphatic carbocycles. The Morgan fingerprint density at radius 2 is 1.75 bits per heavy atom. The molecule has 152 valence electrons. The van der Waals surface area contributed by atoms with Crippen molar-refractivity contribution in [3.63, 3.8) is 0 Å². The number of sulfonamides is 1. The molecule has 2 aromatic rings. The summed E-state index contributed by atoms with van der Waals surface area (Å²) >= 11 is 5.22. The van der Waals surface area contributed by atoms with Crippen molar-refractivity contribution in [1.82, 2.24) is 14.5 Å². The standard InChI is InChI=1S/C19H24BrN3O3S2/c1-14(2)21-28(25,26)17-6-3-15(4-7-17)19(24)23-11-9-22(10-12-23)13-16-5-8-18(20)27-16/h3-8,14,21H,9-13H2,1-2H3. The van der Waals surface area contributed by atoms with Crippen molar-refractivity contribution in [2.24, 2.45) is 0 Å². The van der Waals surface area contributed by atoms with E-state index in [1.807, 2.05) is 4.90 Å². The van der Waals surface area contributed by atoms with Gasteiger partial charge in [-0.3, -0.25) is 9.69 Å². The summed E-state index contributed by atoms with van der Waals surface area (Å²) in [7, 11) is -3.55. The van der Waals surface area contributed by atoms with Gasteiger partial charge in [0.25, 0.3) is 5.91 Å². The van der Waals surface area contributed by atoms with Gasteiger partial charge < -0.3 is 4.90 Å². The van der Waals surface area contributed by atoms with E-state index < -0.39 is 10.0 Å². The van der Waals surface area contributed by atoms with Gasteiger partial charge in [-0.05, 0) is 66.2 Å². The minimum Gasteiger partial charge on any atom is -0.336 e. The molecular formula is C19H24BrN3O3S2. The molecule has 1 aliphatic rings. The van der Waals surface area contributed by atoms with Crippen LogP contribution in [-0.4, -0.2) is 56.3 Å². The minimum atomic E-state index is -3.55. The van der Waals surface area contributed by atoms with Gasteiger partial charge in [-0.2, -0.15) is 0 Å². The highest BCUT2D eigenvalue weighted by molar-refractivity contribution is 9.11. The van der Waals surface area contributed by atoms with Crippen LogP contribution in [0.15, 0.2) is 45.1 Å². The quantitative estimate of drug-likeness (QED) is 0.681. The number of halogens is 1. The third-order valence-corrected chi connectivity index (χ3v) is 7.75. The summed E-state index contributed by atoms with van der Waals surface area (Å²) < 4.78 is 28.1. The number of nitrogens with zero attached hydrogens (tertiary/aromatic N) is 2. The smallest absolute Gasteiger partial charge is 0.253 e. The third kappa shape index (κ3) is 5.42. The van der Waals surface area contributed by atoms with Gasteiger partial charge in [-0.1, -0.05) is 0 Å². The van der Waals surface area contributed by atoms with E-state index in [0.29, 0.717) is 18.7 Å². The number of benzene rings is 1. The van der Waals surface area contributed by atoms with Gasteiger partial charge in [0.1, 0.15) is 0 Å². The van der Waals surface area contributed by atoms with Crippen LogP contribution in [0, 0.1) is 0 Å². The van der Waals surface area contributed by atoms with Crippen LogP contribution in [0.1, 0.15) is 29.1 Å². The van der Waals surface area contributed by atoms with Crippen LogP contribution >= 0.6 is 27.3 Å². The van der Waals surface area contributed by atoms with E-state index in [1.165, 1.54) is 17.0 Å². The zero-order valence-corrected chi connectivity index (χ0v) is 19.1. The molecule has 0 atom stereocenters. The number of carbonyl (C=O) groups is 1. The maximum absolute atomic E-state index is 12.7. The Kier molecular flexibility index (Phi) is 6.93. The molecule has 1 aromatic carbocycles. The molecule has 6 nitrogen and oxygen atoms in total. The van der Waals surface area contributed by atoms with Gasteiger partial charge in [0.05, 0.1) is 8.68 Å². The number of amides is 1. The number of thiophene rings is 1. The second-order valence-electron chi connectivity index (χ2n) is 7.07. The van der Waals surface area contributed by atoms with Crippen LogP contribution in [0.25, 0.3) is 0 Å². The number of hydrogen-bond donors (Lipinski definition) is 1. The molecule has 0 radical (unpaired) electrons. The van der Waals surface area contributed by atoms with Crippen LogP contribution in [0.4, 0.5) is 0 Å². The summed E-state index contributed by atoms with van der Waals surface area (Å²) in [6.07, 6.45) is 0. The minimum absolute atomic E-state index is 0.0562. The van der Waals surface area contributed by atoms with Crippen molar-refractivity contribution in [3.8, 4) is 0 Å². The van der Waals surface area contributed by atoms with E-state index >= 15 is 0 Å². The maximum Gasteiger partial charge on any atom is 0.253 e. The van der Waals surface area contributed by atoms with Crippen molar-refractivity contribution in [3.05, 3.63) is 50.6 Å². The monoisotopic (exact) mass is 485 g/mol. The van der Waals surface area contributed by atoms with Crippen molar-refractivity contribution in [1.29, 1.82) is 0 Å². The second-order valence-corrected chi connectivity index (χ2v) is 11.3. The first-order chi connectivity index (χ1) is 13.2. The summed E-state index contributed by atoms with van der Waals surface area (Å²) in [4.78, 5) is 18.4. The summed E-state index contributed by atoms with van der Waals surface area (Å²) in [5.74, 6) is -0.0562.